The molecule has 10 heteroatoms. The van der Waals surface area contributed by atoms with Crippen molar-refractivity contribution >= 4 is 51.3 Å². The highest BCUT2D eigenvalue weighted by Gasteiger charge is 2.63. The first kappa shape index (κ1) is 27.9. The number of fused-ring (bicyclic) bond motifs is 10. The first-order valence-electron chi connectivity index (χ1n) is 15.4. The average Bonchev–Trinajstić information content (AvgIpc) is 3.83. The highest BCUT2D eigenvalue weighted by atomic mass is 79.9. The van der Waals surface area contributed by atoms with Crippen LogP contribution in [0.5, 0.6) is 0 Å². The molecule has 0 N–H and O–H groups in total. The number of halogens is 1. The Bertz CT molecular complexity index is 1300. The molecule has 4 amide bonds. The van der Waals surface area contributed by atoms with Crippen LogP contribution < -0.4 is 0 Å². The number of amides is 4. The summed E-state index contributed by atoms with van der Waals surface area (Å²) in [5.41, 5.74) is 0.389. The van der Waals surface area contributed by atoms with E-state index in [2.05, 4.69) is 15.9 Å². The standard InChI is InChI=1S/C32H35BrN2O7/c33-21-10-8-16(9-11-21)23(36)15-42-32(41)22(35-30(39)26-19-6-7-20(14-19)27(26)31(35)40)3-1-2-12-34-28(37)24-17-4-5-18(13-17)25(24)29(34)38/h8-11,17-20,22,24-27H,1-7,12-15H2/t17-,18+,19-,20+,22-,24-,25+,26-,27+/m1/s1. The van der Waals surface area contributed by atoms with Gasteiger partial charge in [0.2, 0.25) is 23.6 Å². The lowest BCUT2D eigenvalue weighted by atomic mass is 9.81. The second-order valence-electron chi connectivity index (χ2n) is 13.2. The van der Waals surface area contributed by atoms with Crippen molar-refractivity contribution < 1.29 is 33.5 Å². The third kappa shape index (κ3) is 4.38. The molecule has 0 spiro atoms. The highest BCUT2D eigenvalue weighted by molar-refractivity contribution is 9.10. The van der Waals surface area contributed by atoms with Crippen LogP contribution in [-0.4, -0.2) is 64.4 Å². The number of Topliss-reactive ketones (excluding diaryl/α,β-unsaturated/α-hetero) is 1. The second kappa shape index (κ2) is 10.7. The van der Waals surface area contributed by atoms with Gasteiger partial charge in [-0.05, 0) is 93.6 Å². The van der Waals surface area contributed by atoms with Crippen LogP contribution in [-0.2, 0) is 28.7 Å². The van der Waals surface area contributed by atoms with Crippen molar-refractivity contribution in [1.29, 1.82) is 0 Å². The molecule has 1 aromatic rings. The maximum atomic E-state index is 13.6. The number of carbonyl (C=O) groups excluding carboxylic acids is 6. The summed E-state index contributed by atoms with van der Waals surface area (Å²) in [5.74, 6) is -1.95. The van der Waals surface area contributed by atoms with Crippen LogP contribution in [0, 0.1) is 47.3 Å². The van der Waals surface area contributed by atoms with Gasteiger partial charge in [-0.15, -0.1) is 0 Å². The molecule has 0 radical (unpaired) electrons. The molecular weight excluding hydrogens is 604 g/mol. The first-order chi connectivity index (χ1) is 20.2. The molecular formula is C32H35BrN2O7. The van der Waals surface area contributed by atoms with Crippen molar-refractivity contribution in [3.05, 3.63) is 34.3 Å². The molecule has 42 heavy (non-hydrogen) atoms. The summed E-state index contributed by atoms with van der Waals surface area (Å²) in [7, 11) is 0. The van der Waals surface area contributed by atoms with E-state index in [1.54, 1.807) is 24.3 Å². The van der Waals surface area contributed by atoms with Crippen LogP contribution in [0.1, 0.15) is 68.1 Å². The van der Waals surface area contributed by atoms with Crippen molar-refractivity contribution in [2.45, 2.75) is 63.8 Å². The van der Waals surface area contributed by atoms with Crippen LogP contribution in [0.2, 0.25) is 0 Å². The predicted octanol–water partition coefficient (Wildman–Crippen LogP) is 3.78. The number of imide groups is 2. The summed E-state index contributed by atoms with van der Waals surface area (Å²) in [6.07, 6.45) is 6.80. The normalized spacial score (nSPS) is 34.9. The summed E-state index contributed by atoms with van der Waals surface area (Å²) >= 11 is 3.33. The first-order valence-corrected chi connectivity index (χ1v) is 16.2. The lowest BCUT2D eigenvalue weighted by Crippen LogP contribution is -2.47. The number of ether oxygens (including phenoxy) is 1. The Kier molecular flexibility index (Phi) is 7.10. The lowest BCUT2D eigenvalue weighted by Gasteiger charge is -2.26. The Hall–Kier alpha value is -2.88. The van der Waals surface area contributed by atoms with Gasteiger partial charge in [-0.25, -0.2) is 4.79 Å². The van der Waals surface area contributed by atoms with Crippen LogP contribution in [0.3, 0.4) is 0 Å². The summed E-state index contributed by atoms with van der Waals surface area (Å²) in [4.78, 5) is 81.9. The van der Waals surface area contributed by atoms with Gasteiger partial charge in [0.05, 0.1) is 23.7 Å². The summed E-state index contributed by atoms with van der Waals surface area (Å²) in [6, 6.07) is 5.57. The Morgan fingerprint density at radius 1 is 0.762 bits per heavy atom. The molecule has 2 heterocycles. The number of rotatable bonds is 10. The Labute approximate surface area is 252 Å². The van der Waals surface area contributed by atoms with Gasteiger partial charge < -0.3 is 4.74 Å². The minimum atomic E-state index is -1.13. The number of hydrogen-bond donors (Lipinski definition) is 0. The molecule has 2 saturated heterocycles. The zero-order chi connectivity index (χ0) is 29.3. The minimum absolute atomic E-state index is 0.0622. The SMILES string of the molecule is O=C(COC(=O)[C@@H](CCCCN1C(=O)[C@@H]2[C@@H]3CC[C@@H](C3)[C@@H]2C1=O)N1C(=O)[C@@H]2[C@@H]3CC[C@@H](C3)[C@@H]2C1=O)c1ccc(Br)cc1. The van der Waals surface area contributed by atoms with Crippen molar-refractivity contribution in [1.82, 2.24) is 9.80 Å². The molecule has 0 unspecified atom stereocenters. The van der Waals surface area contributed by atoms with Crippen LogP contribution in [0.15, 0.2) is 28.7 Å². The predicted molar refractivity (Wildman–Crippen MR) is 151 cm³/mol. The summed E-state index contributed by atoms with van der Waals surface area (Å²) in [6.45, 7) is -0.224. The minimum Gasteiger partial charge on any atom is -0.456 e. The van der Waals surface area contributed by atoms with Crippen molar-refractivity contribution in [2.75, 3.05) is 13.2 Å². The Morgan fingerprint density at radius 3 is 1.79 bits per heavy atom. The molecule has 4 saturated carbocycles. The van der Waals surface area contributed by atoms with E-state index >= 15 is 0 Å². The number of carbonyl (C=O) groups is 6. The van der Waals surface area contributed by atoms with E-state index in [9.17, 15) is 28.8 Å². The number of likely N-dealkylation sites (tertiary alicyclic amines) is 2. The quantitative estimate of drug-likeness (QED) is 0.166. The maximum Gasteiger partial charge on any atom is 0.329 e. The van der Waals surface area contributed by atoms with Crippen molar-refractivity contribution in [3.63, 3.8) is 0 Å². The number of esters is 1. The zero-order valence-corrected chi connectivity index (χ0v) is 25.0. The molecule has 0 aromatic heterocycles. The van der Waals surface area contributed by atoms with E-state index in [1.165, 1.54) is 4.90 Å². The van der Waals surface area contributed by atoms with E-state index in [1.807, 2.05) is 0 Å². The van der Waals surface area contributed by atoms with Crippen LogP contribution in [0.4, 0.5) is 0 Å². The molecule has 222 valence electrons. The fourth-order valence-corrected chi connectivity index (χ4v) is 9.61. The highest BCUT2D eigenvalue weighted by Crippen LogP contribution is 2.57. The van der Waals surface area contributed by atoms with Crippen molar-refractivity contribution in [2.24, 2.45) is 47.3 Å². The number of benzene rings is 1. The van der Waals surface area contributed by atoms with Crippen molar-refractivity contribution in [3.8, 4) is 0 Å². The van der Waals surface area contributed by atoms with E-state index < -0.39 is 18.6 Å². The van der Waals surface area contributed by atoms with Gasteiger partial charge in [0.1, 0.15) is 6.04 Å². The molecule has 9 nitrogen and oxygen atoms in total. The molecule has 9 atom stereocenters. The fraction of sp³-hybridized carbons (Fsp3) is 0.625. The monoisotopic (exact) mass is 638 g/mol. The molecule has 6 aliphatic rings. The lowest BCUT2D eigenvalue weighted by molar-refractivity contribution is -0.159. The van der Waals surface area contributed by atoms with Gasteiger partial charge in [0, 0.05) is 16.6 Å². The maximum absolute atomic E-state index is 13.6. The van der Waals surface area contributed by atoms with Gasteiger partial charge in [-0.2, -0.15) is 0 Å². The number of hydrogen-bond acceptors (Lipinski definition) is 7. The Morgan fingerprint density at radius 2 is 1.26 bits per heavy atom. The van der Waals surface area contributed by atoms with E-state index in [0.29, 0.717) is 30.2 Å². The fourth-order valence-electron chi connectivity index (χ4n) is 9.34. The summed E-state index contributed by atoms with van der Waals surface area (Å²) < 4.78 is 6.25. The number of nitrogens with zero attached hydrogens (tertiary/aromatic N) is 2. The largest absolute Gasteiger partial charge is 0.456 e. The second-order valence-corrected chi connectivity index (χ2v) is 14.1. The van der Waals surface area contributed by atoms with E-state index in [0.717, 1.165) is 47.9 Å². The number of unbranched alkanes of at least 4 members (excludes halogenated alkanes) is 1. The average molecular weight is 640 g/mol. The zero-order valence-electron chi connectivity index (χ0n) is 23.4. The Balaban J connectivity index is 1.02. The van der Waals surface area contributed by atoms with Gasteiger partial charge in [-0.1, -0.05) is 28.1 Å². The molecule has 4 aliphatic carbocycles. The van der Waals surface area contributed by atoms with Gasteiger partial charge in [0.15, 0.2) is 12.4 Å². The van der Waals surface area contributed by atoms with Gasteiger partial charge >= 0.3 is 5.97 Å². The summed E-state index contributed by atoms with van der Waals surface area (Å²) in [5, 5.41) is 0. The van der Waals surface area contributed by atoms with Crippen LogP contribution in [0.25, 0.3) is 0 Å². The molecule has 6 fully saturated rings. The third-order valence-corrected chi connectivity index (χ3v) is 11.7. The topological polar surface area (TPSA) is 118 Å². The number of ketones is 1. The molecule has 2 aliphatic heterocycles. The molecule has 7 rings (SSSR count). The smallest absolute Gasteiger partial charge is 0.329 e. The third-order valence-electron chi connectivity index (χ3n) is 11.2. The molecule has 4 bridgehead atoms. The van der Waals surface area contributed by atoms with Crippen LogP contribution >= 0.6 is 15.9 Å². The van der Waals surface area contributed by atoms with Gasteiger partial charge in [-0.3, -0.25) is 33.8 Å². The molecule has 1 aromatic carbocycles. The van der Waals surface area contributed by atoms with Gasteiger partial charge in [0.25, 0.3) is 0 Å². The van der Waals surface area contributed by atoms with E-state index in [4.69, 9.17) is 4.74 Å². The van der Waals surface area contributed by atoms with E-state index in [-0.39, 0.29) is 77.9 Å².